The zero-order valence-electron chi connectivity index (χ0n) is 9.59. The highest BCUT2D eigenvalue weighted by atomic mass is 32.2. The highest BCUT2D eigenvalue weighted by molar-refractivity contribution is 8.00. The molecular weight excluding hydrogens is 236 g/mol. The van der Waals surface area contributed by atoms with Crippen LogP contribution in [0.5, 0.6) is 5.75 Å². The molecule has 1 aromatic carbocycles. The van der Waals surface area contributed by atoms with Crippen LogP contribution in [0.3, 0.4) is 0 Å². The van der Waals surface area contributed by atoms with Crippen LogP contribution in [0.2, 0.25) is 0 Å². The lowest BCUT2D eigenvalue weighted by molar-refractivity contribution is -0.127. The number of para-hydroxylation sites is 1. The molecule has 0 bridgehead atoms. The van der Waals surface area contributed by atoms with Crippen LogP contribution in [0, 0.1) is 11.3 Å². The lowest BCUT2D eigenvalue weighted by Crippen LogP contribution is -2.29. The van der Waals surface area contributed by atoms with E-state index in [4.69, 9.17) is 5.26 Å². The van der Waals surface area contributed by atoms with Crippen molar-refractivity contribution in [3.8, 4) is 11.8 Å². The van der Waals surface area contributed by atoms with Crippen LogP contribution in [0.4, 0.5) is 0 Å². The Labute approximate surface area is 105 Å². The highest BCUT2D eigenvalue weighted by Crippen LogP contribution is 2.27. The van der Waals surface area contributed by atoms with Crippen LogP contribution in [0.1, 0.15) is 6.42 Å². The minimum absolute atomic E-state index is 0.0477. The molecule has 90 valence electrons. The summed E-state index contributed by atoms with van der Waals surface area (Å²) in [5.74, 6) is 0.401. The summed E-state index contributed by atoms with van der Waals surface area (Å²) in [5.41, 5.74) is 0. The average Bonchev–Trinajstić information content (AvgIpc) is 2.34. The molecule has 0 fully saturated rings. The molecule has 1 N–H and O–H groups in total. The van der Waals surface area contributed by atoms with Gasteiger partial charge in [0.25, 0.3) is 0 Å². The number of phenolic OH excluding ortho intramolecular Hbond substituents is 1. The first-order valence-electron chi connectivity index (χ1n) is 5.17. The Kier molecular flexibility index (Phi) is 5.37. The summed E-state index contributed by atoms with van der Waals surface area (Å²) in [6.07, 6.45) is 0.337. The van der Waals surface area contributed by atoms with Gasteiger partial charge in [-0.3, -0.25) is 4.79 Å². The first kappa shape index (κ1) is 13.4. The van der Waals surface area contributed by atoms with E-state index in [2.05, 4.69) is 0 Å². The molecule has 0 saturated heterocycles. The summed E-state index contributed by atoms with van der Waals surface area (Å²) in [7, 11) is 1.67. The van der Waals surface area contributed by atoms with Crippen molar-refractivity contribution in [2.24, 2.45) is 0 Å². The van der Waals surface area contributed by atoms with Crippen LogP contribution < -0.4 is 0 Å². The van der Waals surface area contributed by atoms with Gasteiger partial charge in [-0.15, -0.1) is 11.8 Å². The Morgan fingerprint density at radius 1 is 1.53 bits per heavy atom. The van der Waals surface area contributed by atoms with Crippen LogP contribution in [-0.2, 0) is 4.79 Å². The van der Waals surface area contributed by atoms with Gasteiger partial charge in [0.15, 0.2) is 0 Å². The second-order valence-electron chi connectivity index (χ2n) is 3.48. The van der Waals surface area contributed by atoms with Gasteiger partial charge < -0.3 is 10.0 Å². The Balaban J connectivity index is 2.43. The van der Waals surface area contributed by atoms with Gasteiger partial charge in [0.2, 0.25) is 5.91 Å². The molecule has 17 heavy (non-hydrogen) atoms. The molecule has 0 aromatic heterocycles. The van der Waals surface area contributed by atoms with Gasteiger partial charge >= 0.3 is 0 Å². The van der Waals surface area contributed by atoms with Gasteiger partial charge in [0.1, 0.15) is 5.75 Å². The van der Waals surface area contributed by atoms with E-state index >= 15 is 0 Å². The van der Waals surface area contributed by atoms with Crippen LogP contribution in [0.25, 0.3) is 0 Å². The lowest BCUT2D eigenvalue weighted by atomic mass is 10.3. The smallest absolute Gasteiger partial charge is 0.232 e. The molecule has 0 aliphatic carbocycles. The van der Waals surface area contributed by atoms with Crippen LogP contribution in [-0.4, -0.2) is 35.3 Å². The fraction of sp³-hybridized carbons (Fsp3) is 0.333. The van der Waals surface area contributed by atoms with Crippen molar-refractivity contribution >= 4 is 17.7 Å². The second-order valence-corrected chi connectivity index (χ2v) is 4.50. The van der Waals surface area contributed by atoms with Crippen LogP contribution in [0.15, 0.2) is 29.2 Å². The van der Waals surface area contributed by atoms with Crippen molar-refractivity contribution in [3.63, 3.8) is 0 Å². The summed E-state index contributed by atoms with van der Waals surface area (Å²) < 4.78 is 0. The molecule has 0 spiro atoms. The molecule has 0 heterocycles. The highest BCUT2D eigenvalue weighted by Gasteiger charge is 2.10. The van der Waals surface area contributed by atoms with E-state index in [0.29, 0.717) is 17.9 Å². The molecule has 0 aliphatic rings. The van der Waals surface area contributed by atoms with Gasteiger partial charge in [-0.05, 0) is 12.1 Å². The first-order valence-corrected chi connectivity index (χ1v) is 6.15. The third-order valence-corrected chi connectivity index (χ3v) is 3.25. The number of aromatic hydroxyl groups is 1. The number of rotatable bonds is 5. The predicted octanol–water partition coefficient (Wildman–Crippen LogP) is 1.86. The number of amides is 1. The van der Waals surface area contributed by atoms with E-state index in [1.807, 2.05) is 12.1 Å². The summed E-state index contributed by atoms with van der Waals surface area (Å²) >= 11 is 1.29. The maximum absolute atomic E-state index is 11.6. The summed E-state index contributed by atoms with van der Waals surface area (Å²) in [6, 6.07) is 8.90. The van der Waals surface area contributed by atoms with E-state index in [-0.39, 0.29) is 17.4 Å². The third-order valence-electron chi connectivity index (χ3n) is 2.20. The Bertz CT molecular complexity index is 429. The number of hydrogen-bond donors (Lipinski definition) is 1. The standard InChI is InChI=1S/C12H14N2O2S/c1-14(8-4-7-13)12(16)9-17-11-6-3-2-5-10(11)15/h2-3,5-6,15H,4,8-9H2,1H3. The number of thioether (sulfide) groups is 1. The van der Waals surface area contributed by atoms with Gasteiger partial charge in [-0.2, -0.15) is 5.26 Å². The summed E-state index contributed by atoms with van der Waals surface area (Å²) in [5, 5.41) is 17.9. The minimum Gasteiger partial charge on any atom is -0.507 e. The zero-order chi connectivity index (χ0) is 12.7. The molecule has 1 aromatic rings. The number of nitrogens with zero attached hydrogens (tertiary/aromatic N) is 2. The molecule has 0 radical (unpaired) electrons. The van der Waals surface area contributed by atoms with Crippen molar-refractivity contribution in [3.05, 3.63) is 24.3 Å². The minimum atomic E-state index is -0.0477. The summed E-state index contributed by atoms with van der Waals surface area (Å²) in [6.45, 7) is 0.441. The van der Waals surface area contributed by atoms with Gasteiger partial charge in [0, 0.05) is 18.5 Å². The SMILES string of the molecule is CN(CCC#N)C(=O)CSc1ccccc1O. The maximum Gasteiger partial charge on any atom is 0.232 e. The van der Waals surface area contributed by atoms with Crippen molar-refractivity contribution in [2.75, 3.05) is 19.3 Å². The van der Waals surface area contributed by atoms with Crippen LogP contribution >= 0.6 is 11.8 Å². The molecule has 0 unspecified atom stereocenters. The Hall–Kier alpha value is -1.67. The van der Waals surface area contributed by atoms with E-state index in [0.717, 1.165) is 0 Å². The van der Waals surface area contributed by atoms with Crippen molar-refractivity contribution in [2.45, 2.75) is 11.3 Å². The number of phenols is 1. The number of nitriles is 1. The fourth-order valence-electron chi connectivity index (χ4n) is 1.17. The molecule has 1 rings (SSSR count). The number of benzene rings is 1. The van der Waals surface area contributed by atoms with E-state index < -0.39 is 0 Å². The van der Waals surface area contributed by atoms with E-state index in [1.54, 1.807) is 25.2 Å². The fourth-order valence-corrected chi connectivity index (χ4v) is 2.06. The second kappa shape index (κ2) is 6.81. The zero-order valence-corrected chi connectivity index (χ0v) is 10.4. The van der Waals surface area contributed by atoms with Gasteiger partial charge in [-0.1, -0.05) is 12.1 Å². The Morgan fingerprint density at radius 3 is 2.88 bits per heavy atom. The van der Waals surface area contributed by atoms with Crippen molar-refractivity contribution in [1.82, 2.24) is 4.90 Å². The first-order chi connectivity index (χ1) is 8.15. The molecule has 4 nitrogen and oxygen atoms in total. The monoisotopic (exact) mass is 250 g/mol. The average molecular weight is 250 g/mol. The number of hydrogen-bond acceptors (Lipinski definition) is 4. The number of carbonyl (C=O) groups is 1. The molecular formula is C12H14N2O2S. The quantitative estimate of drug-likeness (QED) is 0.810. The normalized spacial score (nSPS) is 9.65. The topological polar surface area (TPSA) is 64.3 Å². The number of carbonyl (C=O) groups excluding carboxylic acids is 1. The lowest BCUT2D eigenvalue weighted by Gasteiger charge is -2.15. The van der Waals surface area contributed by atoms with E-state index in [9.17, 15) is 9.90 Å². The molecule has 0 atom stereocenters. The molecule has 0 saturated carbocycles. The Morgan fingerprint density at radius 2 is 2.24 bits per heavy atom. The molecule has 5 heteroatoms. The predicted molar refractivity (Wildman–Crippen MR) is 66.7 cm³/mol. The molecule has 1 amide bonds. The van der Waals surface area contributed by atoms with E-state index in [1.165, 1.54) is 16.7 Å². The van der Waals surface area contributed by atoms with Gasteiger partial charge in [-0.25, -0.2) is 0 Å². The van der Waals surface area contributed by atoms with Gasteiger partial charge in [0.05, 0.1) is 18.2 Å². The maximum atomic E-state index is 11.6. The summed E-state index contributed by atoms with van der Waals surface area (Å²) in [4.78, 5) is 13.9. The third kappa shape index (κ3) is 4.37. The van der Waals surface area contributed by atoms with Crippen molar-refractivity contribution in [1.29, 1.82) is 5.26 Å². The molecule has 0 aliphatic heterocycles. The largest absolute Gasteiger partial charge is 0.507 e. The van der Waals surface area contributed by atoms with Crippen molar-refractivity contribution < 1.29 is 9.90 Å².